The fourth-order valence-corrected chi connectivity index (χ4v) is 1.50. The maximum absolute atomic E-state index is 13.2. The van der Waals surface area contributed by atoms with Gasteiger partial charge in [0, 0.05) is 15.9 Å². The summed E-state index contributed by atoms with van der Waals surface area (Å²) in [7, 11) is 0. The second-order valence-corrected chi connectivity index (χ2v) is 3.96. The first-order valence-corrected chi connectivity index (χ1v) is 5.35. The van der Waals surface area contributed by atoms with Gasteiger partial charge in [-0.05, 0) is 18.6 Å². The van der Waals surface area contributed by atoms with Gasteiger partial charge in [-0.3, -0.25) is 0 Å². The number of hydrogen-bond donors (Lipinski definition) is 0. The summed E-state index contributed by atoms with van der Waals surface area (Å²) >= 11 is 8.43. The molecule has 0 aliphatic carbocycles. The van der Waals surface area contributed by atoms with Crippen LogP contribution in [0.1, 0.15) is 12.0 Å². The third-order valence-electron chi connectivity index (χ3n) is 1.60. The Labute approximate surface area is 94.7 Å². The zero-order valence-corrected chi connectivity index (χ0v) is 9.58. The molecule has 0 amide bonds. The van der Waals surface area contributed by atoms with E-state index in [0.29, 0.717) is 16.8 Å². The van der Waals surface area contributed by atoms with Gasteiger partial charge in [-0.2, -0.15) is 0 Å². The second-order valence-electron chi connectivity index (χ2n) is 2.66. The van der Waals surface area contributed by atoms with E-state index in [0.717, 1.165) is 0 Å². The van der Waals surface area contributed by atoms with Gasteiger partial charge >= 0.3 is 0 Å². The van der Waals surface area contributed by atoms with Crippen LogP contribution in [0.25, 0.3) is 6.08 Å². The van der Waals surface area contributed by atoms with Crippen LogP contribution in [0.15, 0.2) is 22.7 Å². The Balaban J connectivity index is 2.96. The van der Waals surface area contributed by atoms with Crippen LogP contribution in [0.2, 0.25) is 0 Å². The summed E-state index contributed by atoms with van der Waals surface area (Å²) < 4.78 is 26.8. The lowest BCUT2D eigenvalue weighted by atomic mass is 10.2. The highest BCUT2D eigenvalue weighted by Gasteiger charge is 2.06. The number of hydrogen-bond acceptors (Lipinski definition) is 0. The molecule has 0 nitrogen and oxygen atoms in total. The van der Waals surface area contributed by atoms with E-state index in [1.165, 1.54) is 18.2 Å². The van der Waals surface area contributed by atoms with Crippen molar-refractivity contribution in [3.8, 4) is 0 Å². The molecule has 14 heavy (non-hydrogen) atoms. The van der Waals surface area contributed by atoms with Crippen molar-refractivity contribution in [1.29, 1.82) is 0 Å². The molecule has 0 N–H and O–H groups in total. The van der Waals surface area contributed by atoms with Gasteiger partial charge in [0.15, 0.2) is 0 Å². The molecule has 0 unspecified atom stereocenters. The van der Waals surface area contributed by atoms with Crippen LogP contribution in [0.3, 0.4) is 0 Å². The van der Waals surface area contributed by atoms with Crippen molar-refractivity contribution >= 4 is 33.6 Å². The Morgan fingerprint density at radius 2 is 1.86 bits per heavy atom. The lowest BCUT2D eigenvalue weighted by molar-refractivity contribution is 0.577. The number of benzene rings is 1. The molecular weight excluding hydrogens is 273 g/mol. The average Bonchev–Trinajstić information content (AvgIpc) is 2.09. The average molecular weight is 282 g/mol. The van der Waals surface area contributed by atoms with E-state index in [1.807, 2.05) is 0 Å². The second kappa shape index (κ2) is 5.47. The fourth-order valence-electron chi connectivity index (χ4n) is 0.977. The van der Waals surface area contributed by atoms with E-state index in [1.54, 1.807) is 6.08 Å². The minimum Gasteiger partial charge on any atom is -0.206 e. The maximum Gasteiger partial charge on any atom is 0.134 e. The van der Waals surface area contributed by atoms with Crippen molar-refractivity contribution in [2.75, 3.05) is 5.88 Å². The van der Waals surface area contributed by atoms with Gasteiger partial charge in [0.05, 0.1) is 0 Å². The zero-order chi connectivity index (χ0) is 10.6. The van der Waals surface area contributed by atoms with Gasteiger partial charge in [-0.15, -0.1) is 11.6 Å². The van der Waals surface area contributed by atoms with E-state index in [-0.39, 0.29) is 5.56 Å². The number of halogens is 4. The number of alkyl halides is 1. The van der Waals surface area contributed by atoms with E-state index >= 15 is 0 Å². The van der Waals surface area contributed by atoms with Gasteiger partial charge in [0.1, 0.15) is 11.6 Å². The molecule has 0 aliphatic rings. The predicted octanol–water partition coefficient (Wildman–Crippen LogP) is 4.37. The fraction of sp³-hybridized carbons (Fsp3) is 0.200. The molecule has 76 valence electrons. The summed E-state index contributed by atoms with van der Waals surface area (Å²) in [5.41, 5.74) is -0.0293. The maximum atomic E-state index is 13.2. The van der Waals surface area contributed by atoms with Crippen LogP contribution in [-0.2, 0) is 0 Å². The summed E-state index contributed by atoms with van der Waals surface area (Å²) in [4.78, 5) is 0. The lowest BCUT2D eigenvalue weighted by Crippen LogP contribution is -1.88. The van der Waals surface area contributed by atoms with Crippen LogP contribution in [0.5, 0.6) is 0 Å². The Hall–Kier alpha value is -0.410. The molecular formula is C10H8BrClF2. The van der Waals surface area contributed by atoms with Crippen molar-refractivity contribution in [3.63, 3.8) is 0 Å². The minimum absolute atomic E-state index is 0.0293. The molecule has 1 aromatic carbocycles. The van der Waals surface area contributed by atoms with Crippen molar-refractivity contribution in [2.45, 2.75) is 6.42 Å². The van der Waals surface area contributed by atoms with E-state index in [9.17, 15) is 8.78 Å². The molecule has 0 radical (unpaired) electrons. The van der Waals surface area contributed by atoms with Gasteiger partial charge in [0.25, 0.3) is 0 Å². The minimum atomic E-state index is -0.581. The summed E-state index contributed by atoms with van der Waals surface area (Å²) in [5.74, 6) is -0.721. The summed E-state index contributed by atoms with van der Waals surface area (Å²) in [5, 5.41) is 0. The third-order valence-corrected chi connectivity index (χ3v) is 2.28. The Kier molecular flexibility index (Phi) is 4.55. The van der Waals surface area contributed by atoms with Crippen molar-refractivity contribution in [3.05, 3.63) is 39.9 Å². The third kappa shape index (κ3) is 3.07. The largest absolute Gasteiger partial charge is 0.206 e. The molecule has 0 aromatic heterocycles. The molecule has 0 aliphatic heterocycles. The van der Waals surface area contributed by atoms with Gasteiger partial charge in [-0.1, -0.05) is 28.1 Å². The predicted molar refractivity (Wildman–Crippen MR) is 58.4 cm³/mol. The normalized spacial score (nSPS) is 11.1. The first kappa shape index (κ1) is 11.7. The summed E-state index contributed by atoms with van der Waals surface area (Å²) in [6.45, 7) is 0. The van der Waals surface area contributed by atoms with Crippen LogP contribution in [0, 0.1) is 11.6 Å². The zero-order valence-electron chi connectivity index (χ0n) is 7.24. The highest BCUT2D eigenvalue weighted by molar-refractivity contribution is 9.10. The highest BCUT2D eigenvalue weighted by Crippen LogP contribution is 2.20. The highest BCUT2D eigenvalue weighted by atomic mass is 79.9. The Morgan fingerprint density at radius 3 is 2.36 bits per heavy atom. The molecule has 0 fully saturated rings. The Morgan fingerprint density at radius 1 is 1.29 bits per heavy atom. The van der Waals surface area contributed by atoms with Gasteiger partial charge in [0.2, 0.25) is 0 Å². The van der Waals surface area contributed by atoms with Crippen LogP contribution in [0.4, 0.5) is 8.78 Å². The van der Waals surface area contributed by atoms with E-state index in [4.69, 9.17) is 11.6 Å². The SMILES string of the molecule is Fc1cc(Br)cc(F)c1C=CCCCl. The van der Waals surface area contributed by atoms with Gasteiger partial charge < -0.3 is 0 Å². The van der Waals surface area contributed by atoms with Crippen LogP contribution < -0.4 is 0 Å². The van der Waals surface area contributed by atoms with E-state index < -0.39 is 11.6 Å². The standard InChI is InChI=1S/C10H8BrClF2/c11-7-5-9(13)8(10(14)6-7)3-1-2-4-12/h1,3,5-6H,2,4H2. The Bertz CT molecular complexity index is 327. The topological polar surface area (TPSA) is 0 Å². The molecule has 4 heteroatoms. The van der Waals surface area contributed by atoms with Crippen LogP contribution >= 0.6 is 27.5 Å². The number of allylic oxidation sites excluding steroid dienone is 1. The first-order valence-electron chi connectivity index (χ1n) is 4.02. The molecule has 1 aromatic rings. The van der Waals surface area contributed by atoms with Gasteiger partial charge in [-0.25, -0.2) is 8.78 Å². The molecule has 0 spiro atoms. The monoisotopic (exact) mass is 280 g/mol. The van der Waals surface area contributed by atoms with Crippen molar-refractivity contribution in [1.82, 2.24) is 0 Å². The van der Waals surface area contributed by atoms with Crippen molar-refractivity contribution < 1.29 is 8.78 Å². The summed E-state index contributed by atoms with van der Waals surface area (Å²) in [6.07, 6.45) is 3.64. The lowest BCUT2D eigenvalue weighted by Gasteiger charge is -2.00. The summed E-state index contributed by atoms with van der Waals surface area (Å²) in [6, 6.07) is 2.45. The first-order chi connectivity index (χ1) is 6.65. The quantitative estimate of drug-likeness (QED) is 0.722. The molecule has 0 heterocycles. The molecule has 0 bridgehead atoms. The molecule has 0 atom stereocenters. The molecule has 0 saturated heterocycles. The number of rotatable bonds is 3. The van der Waals surface area contributed by atoms with Crippen molar-refractivity contribution in [2.24, 2.45) is 0 Å². The molecule has 0 saturated carbocycles. The van der Waals surface area contributed by atoms with Crippen LogP contribution in [-0.4, -0.2) is 5.88 Å². The smallest absolute Gasteiger partial charge is 0.134 e. The van der Waals surface area contributed by atoms with E-state index in [2.05, 4.69) is 15.9 Å². The molecule has 1 rings (SSSR count).